The van der Waals surface area contributed by atoms with Crippen LogP contribution in [0.2, 0.25) is 0 Å². The van der Waals surface area contributed by atoms with Gasteiger partial charge in [-0.3, -0.25) is 4.98 Å². The number of aromatic nitrogens is 1. The lowest BCUT2D eigenvalue weighted by molar-refractivity contribution is 0.101. The second kappa shape index (κ2) is 5.37. The minimum Gasteiger partial charge on any atom is -0.378 e. The van der Waals surface area contributed by atoms with E-state index in [4.69, 9.17) is 10.5 Å². The molecule has 0 aliphatic carbocycles. The van der Waals surface area contributed by atoms with Gasteiger partial charge < -0.3 is 10.5 Å². The molecule has 2 rings (SSSR count). The van der Waals surface area contributed by atoms with Crippen LogP contribution >= 0.6 is 0 Å². The van der Waals surface area contributed by atoms with Gasteiger partial charge in [0.1, 0.15) is 5.82 Å². The molecule has 0 saturated carbocycles. The summed E-state index contributed by atoms with van der Waals surface area (Å²) >= 11 is 0. The highest BCUT2D eigenvalue weighted by atomic mass is 19.1. The number of pyridine rings is 1. The normalized spacial score (nSPS) is 22.2. The summed E-state index contributed by atoms with van der Waals surface area (Å²) in [4.78, 5) is 3.71. The summed E-state index contributed by atoms with van der Waals surface area (Å²) in [6.45, 7) is 0.851. The van der Waals surface area contributed by atoms with Crippen molar-refractivity contribution < 1.29 is 9.13 Å². The van der Waals surface area contributed by atoms with Gasteiger partial charge >= 0.3 is 0 Å². The first kappa shape index (κ1) is 11.5. The van der Waals surface area contributed by atoms with E-state index in [0.29, 0.717) is 11.7 Å². The SMILES string of the molecule is NC(CCC1CCCO1)c1ccncc1F. The second-order valence-corrected chi connectivity index (χ2v) is 4.22. The van der Waals surface area contributed by atoms with E-state index in [0.717, 1.165) is 32.3 Å². The van der Waals surface area contributed by atoms with Crippen molar-refractivity contribution in [3.8, 4) is 0 Å². The first-order valence-electron chi connectivity index (χ1n) is 5.74. The molecule has 0 bridgehead atoms. The highest BCUT2D eigenvalue weighted by Gasteiger charge is 2.18. The quantitative estimate of drug-likeness (QED) is 0.852. The van der Waals surface area contributed by atoms with E-state index < -0.39 is 0 Å². The molecule has 0 amide bonds. The van der Waals surface area contributed by atoms with Crippen LogP contribution in [-0.4, -0.2) is 17.7 Å². The van der Waals surface area contributed by atoms with E-state index in [1.165, 1.54) is 6.20 Å². The fraction of sp³-hybridized carbons (Fsp3) is 0.583. The third-order valence-electron chi connectivity index (χ3n) is 3.03. The van der Waals surface area contributed by atoms with Crippen molar-refractivity contribution in [1.29, 1.82) is 0 Å². The largest absolute Gasteiger partial charge is 0.378 e. The summed E-state index contributed by atoms with van der Waals surface area (Å²) in [7, 11) is 0. The van der Waals surface area contributed by atoms with Crippen LogP contribution in [0.4, 0.5) is 4.39 Å². The molecule has 2 heterocycles. The Hall–Kier alpha value is -1.00. The van der Waals surface area contributed by atoms with E-state index in [1.807, 2.05) is 0 Å². The Morgan fingerprint density at radius 2 is 2.50 bits per heavy atom. The van der Waals surface area contributed by atoms with Crippen molar-refractivity contribution in [2.45, 2.75) is 37.8 Å². The molecule has 88 valence electrons. The van der Waals surface area contributed by atoms with Gasteiger partial charge in [0.2, 0.25) is 0 Å². The number of rotatable bonds is 4. The van der Waals surface area contributed by atoms with Gasteiger partial charge in [-0.25, -0.2) is 4.39 Å². The van der Waals surface area contributed by atoms with Crippen molar-refractivity contribution >= 4 is 0 Å². The molecule has 4 heteroatoms. The van der Waals surface area contributed by atoms with Crippen molar-refractivity contribution in [2.24, 2.45) is 5.73 Å². The third-order valence-corrected chi connectivity index (χ3v) is 3.03. The van der Waals surface area contributed by atoms with Gasteiger partial charge in [0, 0.05) is 24.4 Å². The standard InChI is InChI=1S/C12H17FN2O/c13-11-8-15-6-5-10(11)12(14)4-3-9-2-1-7-16-9/h5-6,8-9,12H,1-4,7,14H2. The zero-order chi connectivity index (χ0) is 11.4. The molecule has 2 unspecified atom stereocenters. The molecule has 0 radical (unpaired) electrons. The Labute approximate surface area is 94.8 Å². The Morgan fingerprint density at radius 1 is 1.62 bits per heavy atom. The van der Waals surface area contributed by atoms with Crippen LogP contribution in [0, 0.1) is 5.82 Å². The lowest BCUT2D eigenvalue weighted by Crippen LogP contribution is -2.15. The van der Waals surface area contributed by atoms with Crippen LogP contribution in [-0.2, 0) is 4.74 Å². The molecule has 0 aromatic carbocycles. The predicted octanol–water partition coefficient (Wildman–Crippen LogP) is 2.18. The van der Waals surface area contributed by atoms with E-state index in [1.54, 1.807) is 12.3 Å². The molecule has 1 aliphatic heterocycles. The summed E-state index contributed by atoms with van der Waals surface area (Å²) < 4.78 is 18.9. The Balaban J connectivity index is 1.87. The minimum absolute atomic E-state index is 0.257. The maximum Gasteiger partial charge on any atom is 0.146 e. The monoisotopic (exact) mass is 224 g/mol. The first-order chi connectivity index (χ1) is 7.77. The summed E-state index contributed by atoms with van der Waals surface area (Å²) in [5.74, 6) is -0.317. The molecule has 2 atom stereocenters. The Kier molecular flexibility index (Phi) is 3.85. The van der Waals surface area contributed by atoms with Gasteiger partial charge in [0.05, 0.1) is 12.3 Å². The van der Waals surface area contributed by atoms with E-state index in [2.05, 4.69) is 4.98 Å². The zero-order valence-electron chi connectivity index (χ0n) is 9.23. The molecule has 1 aliphatic rings. The predicted molar refractivity (Wildman–Crippen MR) is 59.3 cm³/mol. The van der Waals surface area contributed by atoms with E-state index >= 15 is 0 Å². The van der Waals surface area contributed by atoms with E-state index in [9.17, 15) is 4.39 Å². The topological polar surface area (TPSA) is 48.1 Å². The smallest absolute Gasteiger partial charge is 0.146 e. The lowest BCUT2D eigenvalue weighted by Gasteiger charge is -2.15. The zero-order valence-corrected chi connectivity index (χ0v) is 9.23. The van der Waals surface area contributed by atoms with Crippen molar-refractivity contribution in [3.05, 3.63) is 29.8 Å². The molecule has 16 heavy (non-hydrogen) atoms. The van der Waals surface area contributed by atoms with Crippen LogP contribution in [0.5, 0.6) is 0 Å². The molecular formula is C12H17FN2O. The average Bonchev–Trinajstić information content (AvgIpc) is 2.79. The van der Waals surface area contributed by atoms with Crippen molar-refractivity contribution in [1.82, 2.24) is 4.98 Å². The van der Waals surface area contributed by atoms with Crippen LogP contribution in [0.15, 0.2) is 18.5 Å². The van der Waals surface area contributed by atoms with E-state index in [-0.39, 0.29) is 11.9 Å². The molecule has 1 aromatic rings. The van der Waals surface area contributed by atoms with Crippen LogP contribution < -0.4 is 5.73 Å². The second-order valence-electron chi connectivity index (χ2n) is 4.22. The van der Waals surface area contributed by atoms with Crippen LogP contribution in [0.3, 0.4) is 0 Å². The number of ether oxygens (including phenoxy) is 1. The fourth-order valence-electron chi connectivity index (χ4n) is 2.08. The van der Waals surface area contributed by atoms with Crippen molar-refractivity contribution in [3.63, 3.8) is 0 Å². The van der Waals surface area contributed by atoms with Crippen LogP contribution in [0.1, 0.15) is 37.3 Å². The minimum atomic E-state index is -0.317. The number of nitrogens with two attached hydrogens (primary N) is 1. The van der Waals surface area contributed by atoms with Crippen LogP contribution in [0.25, 0.3) is 0 Å². The molecular weight excluding hydrogens is 207 g/mol. The molecule has 2 N–H and O–H groups in total. The van der Waals surface area contributed by atoms with Crippen molar-refractivity contribution in [2.75, 3.05) is 6.61 Å². The molecule has 1 aromatic heterocycles. The number of nitrogens with zero attached hydrogens (tertiary/aromatic N) is 1. The maximum absolute atomic E-state index is 13.4. The van der Waals surface area contributed by atoms with Gasteiger partial charge in [-0.05, 0) is 31.7 Å². The number of hydrogen-bond acceptors (Lipinski definition) is 3. The Bertz CT molecular complexity index is 340. The Morgan fingerprint density at radius 3 is 3.19 bits per heavy atom. The summed E-state index contributed by atoms with van der Waals surface area (Å²) in [6.07, 6.45) is 6.99. The van der Waals surface area contributed by atoms with Gasteiger partial charge in [-0.1, -0.05) is 0 Å². The number of halogens is 1. The van der Waals surface area contributed by atoms with Gasteiger partial charge in [0.25, 0.3) is 0 Å². The lowest BCUT2D eigenvalue weighted by atomic mass is 10.0. The molecule has 0 spiro atoms. The van der Waals surface area contributed by atoms with Gasteiger partial charge in [-0.2, -0.15) is 0 Å². The molecule has 1 fully saturated rings. The molecule has 1 saturated heterocycles. The average molecular weight is 224 g/mol. The molecule has 3 nitrogen and oxygen atoms in total. The van der Waals surface area contributed by atoms with Gasteiger partial charge in [0.15, 0.2) is 0 Å². The summed E-state index contributed by atoms with van der Waals surface area (Å²) in [6, 6.07) is 1.39. The maximum atomic E-state index is 13.4. The third kappa shape index (κ3) is 2.77. The highest BCUT2D eigenvalue weighted by Crippen LogP contribution is 2.23. The van der Waals surface area contributed by atoms with Gasteiger partial charge in [-0.15, -0.1) is 0 Å². The number of hydrogen-bond donors (Lipinski definition) is 1. The highest BCUT2D eigenvalue weighted by molar-refractivity contribution is 5.16. The summed E-state index contributed by atoms with van der Waals surface area (Å²) in [5.41, 5.74) is 6.50. The summed E-state index contributed by atoms with van der Waals surface area (Å²) in [5, 5.41) is 0. The first-order valence-corrected chi connectivity index (χ1v) is 5.74. The fourth-order valence-corrected chi connectivity index (χ4v) is 2.08.